The number of carbonyl (C=O) groups is 2. The number of esters is 1. The average Bonchev–Trinajstić information content (AvgIpc) is 2.86. The first kappa shape index (κ1) is 15.6. The molecule has 1 N–H and O–H groups in total. The Hall–Kier alpha value is -2.27. The maximum absolute atomic E-state index is 12.0. The molecule has 0 aromatic heterocycles. The average molecular weight is 328 g/mol. The maximum atomic E-state index is 12.0. The Labute approximate surface area is 139 Å². The van der Waals surface area contributed by atoms with E-state index in [1.165, 1.54) is 6.92 Å². The monoisotopic (exact) mass is 328 g/mol. The van der Waals surface area contributed by atoms with Crippen LogP contribution < -0.4 is 0 Å². The number of carboxylic acids is 1. The van der Waals surface area contributed by atoms with Gasteiger partial charge in [-0.2, -0.15) is 0 Å². The van der Waals surface area contributed by atoms with E-state index in [1.54, 1.807) is 0 Å². The van der Waals surface area contributed by atoms with Crippen molar-refractivity contribution in [1.82, 2.24) is 0 Å². The Kier molecular flexibility index (Phi) is 3.90. The highest BCUT2D eigenvalue weighted by Gasteiger charge is 2.40. The van der Waals surface area contributed by atoms with E-state index in [-0.39, 0.29) is 12.5 Å². The van der Waals surface area contributed by atoms with Crippen molar-refractivity contribution in [3.63, 3.8) is 0 Å². The van der Waals surface area contributed by atoms with Crippen LogP contribution >= 0.6 is 12.6 Å². The van der Waals surface area contributed by atoms with Gasteiger partial charge in [0.2, 0.25) is 4.75 Å². The van der Waals surface area contributed by atoms with Gasteiger partial charge in [0.15, 0.2) is 0 Å². The Morgan fingerprint density at radius 3 is 2.04 bits per heavy atom. The normalized spacial score (nSPS) is 15.4. The second kappa shape index (κ2) is 5.74. The molecule has 23 heavy (non-hydrogen) atoms. The summed E-state index contributed by atoms with van der Waals surface area (Å²) in [6.45, 7) is 1.31. The molecule has 2 aromatic rings. The summed E-state index contributed by atoms with van der Waals surface area (Å²) in [7, 11) is 0. The predicted molar refractivity (Wildman–Crippen MR) is 89.7 cm³/mol. The highest BCUT2D eigenvalue weighted by molar-refractivity contribution is 7.83. The van der Waals surface area contributed by atoms with Crippen molar-refractivity contribution in [1.29, 1.82) is 0 Å². The first-order chi connectivity index (χ1) is 10.9. The summed E-state index contributed by atoms with van der Waals surface area (Å²) < 4.78 is 3.42. The van der Waals surface area contributed by atoms with E-state index >= 15 is 0 Å². The lowest BCUT2D eigenvalue weighted by Gasteiger charge is -2.19. The van der Waals surface area contributed by atoms with Crippen LogP contribution in [-0.2, 0) is 14.3 Å². The summed E-state index contributed by atoms with van der Waals surface area (Å²) in [5.74, 6) is -2.27. The topological polar surface area (TPSA) is 63.6 Å². The molecular formula is C18H16O4S. The van der Waals surface area contributed by atoms with Gasteiger partial charge in [0.05, 0.1) is 0 Å². The fourth-order valence-electron chi connectivity index (χ4n) is 2.83. The molecule has 0 aliphatic heterocycles. The van der Waals surface area contributed by atoms with E-state index in [4.69, 9.17) is 9.84 Å². The minimum atomic E-state index is -1.85. The molecule has 1 aliphatic rings. The molecule has 1 atom stereocenters. The molecule has 0 saturated heterocycles. The summed E-state index contributed by atoms with van der Waals surface area (Å²) in [6, 6.07) is 15.9. The quantitative estimate of drug-likeness (QED) is 0.514. The molecule has 0 amide bonds. The van der Waals surface area contributed by atoms with Gasteiger partial charge < -0.3 is 9.84 Å². The van der Waals surface area contributed by atoms with E-state index in [0.29, 0.717) is 0 Å². The van der Waals surface area contributed by atoms with Gasteiger partial charge in [0, 0.05) is 5.92 Å². The summed E-state index contributed by atoms with van der Waals surface area (Å²) in [5.41, 5.74) is 4.41. The number of hydrogen-bond donors (Lipinski definition) is 2. The molecule has 1 aliphatic carbocycles. The van der Waals surface area contributed by atoms with Crippen LogP contribution in [0.15, 0.2) is 48.5 Å². The molecule has 0 fully saturated rings. The Bertz CT molecular complexity index is 737. The zero-order chi connectivity index (χ0) is 16.6. The highest BCUT2D eigenvalue weighted by atomic mass is 32.1. The van der Waals surface area contributed by atoms with Gasteiger partial charge in [-0.3, -0.25) is 4.79 Å². The lowest BCUT2D eigenvalue weighted by molar-refractivity contribution is -0.155. The van der Waals surface area contributed by atoms with Crippen LogP contribution in [0, 0.1) is 0 Å². The standard InChI is InChI=1S/C18H16O4S/c1-18(23,16(19)20)17(21)22-10-15-13-8-4-2-6-11(13)12-7-3-5-9-14(12)15/h2-9,15,23H,10H2,1H3,(H,19,20). The molecule has 118 valence electrons. The summed E-state index contributed by atoms with van der Waals surface area (Å²) in [4.78, 5) is 23.1. The van der Waals surface area contributed by atoms with Crippen LogP contribution in [-0.4, -0.2) is 28.4 Å². The largest absolute Gasteiger partial charge is 0.480 e. The fraction of sp³-hybridized carbons (Fsp3) is 0.222. The van der Waals surface area contributed by atoms with E-state index in [1.807, 2.05) is 48.5 Å². The molecule has 1 unspecified atom stereocenters. The van der Waals surface area contributed by atoms with E-state index in [0.717, 1.165) is 22.3 Å². The van der Waals surface area contributed by atoms with Gasteiger partial charge in [0.1, 0.15) is 6.61 Å². The van der Waals surface area contributed by atoms with Gasteiger partial charge in [-0.15, -0.1) is 12.6 Å². The molecule has 5 heteroatoms. The molecule has 3 rings (SSSR count). The summed E-state index contributed by atoms with van der Waals surface area (Å²) in [6.07, 6.45) is 0. The predicted octanol–water partition coefficient (Wildman–Crippen LogP) is 3.12. The SMILES string of the molecule is CC(S)(C(=O)O)C(=O)OCC1c2ccccc2-c2ccccc21. The molecule has 0 heterocycles. The third kappa shape index (κ3) is 2.61. The van der Waals surface area contributed by atoms with Crippen LogP contribution in [0.25, 0.3) is 11.1 Å². The van der Waals surface area contributed by atoms with Gasteiger partial charge >= 0.3 is 11.9 Å². The molecular weight excluding hydrogens is 312 g/mol. The van der Waals surface area contributed by atoms with Crippen molar-refractivity contribution in [2.45, 2.75) is 17.6 Å². The summed E-state index contributed by atoms with van der Waals surface area (Å²) in [5, 5.41) is 9.04. The lowest BCUT2D eigenvalue weighted by atomic mass is 9.98. The Morgan fingerprint density at radius 2 is 1.57 bits per heavy atom. The summed E-state index contributed by atoms with van der Waals surface area (Å²) >= 11 is 3.89. The Balaban J connectivity index is 1.87. The fourth-order valence-corrected chi connectivity index (χ4v) is 2.89. The maximum Gasteiger partial charge on any atom is 0.333 e. The van der Waals surface area contributed by atoms with Gasteiger partial charge in [-0.1, -0.05) is 48.5 Å². The second-order valence-corrected chi connectivity index (χ2v) is 6.60. The molecule has 2 aromatic carbocycles. The van der Waals surface area contributed by atoms with Crippen LogP contribution in [0.3, 0.4) is 0 Å². The third-order valence-corrected chi connectivity index (χ3v) is 4.53. The van der Waals surface area contributed by atoms with E-state index in [2.05, 4.69) is 12.6 Å². The van der Waals surface area contributed by atoms with E-state index < -0.39 is 16.7 Å². The first-order valence-electron chi connectivity index (χ1n) is 7.24. The number of ether oxygens (including phenoxy) is 1. The number of thiol groups is 1. The molecule has 0 radical (unpaired) electrons. The zero-order valence-electron chi connectivity index (χ0n) is 12.5. The number of benzene rings is 2. The molecule has 0 saturated carbocycles. The number of fused-ring (bicyclic) bond motifs is 3. The highest BCUT2D eigenvalue weighted by Crippen LogP contribution is 2.44. The minimum absolute atomic E-state index is 0.0933. The van der Waals surface area contributed by atoms with Crippen molar-refractivity contribution < 1.29 is 19.4 Å². The van der Waals surface area contributed by atoms with Crippen molar-refractivity contribution in [3.8, 4) is 11.1 Å². The number of rotatable bonds is 4. The zero-order valence-corrected chi connectivity index (χ0v) is 13.4. The first-order valence-corrected chi connectivity index (χ1v) is 7.69. The molecule has 4 nitrogen and oxygen atoms in total. The number of carboxylic acid groups (broad SMARTS) is 1. The van der Waals surface area contributed by atoms with Crippen LogP contribution in [0.5, 0.6) is 0 Å². The number of hydrogen-bond acceptors (Lipinski definition) is 4. The van der Waals surface area contributed by atoms with E-state index in [9.17, 15) is 9.59 Å². The minimum Gasteiger partial charge on any atom is -0.480 e. The molecule has 0 spiro atoms. The molecule has 0 bridgehead atoms. The van der Waals surface area contributed by atoms with Crippen molar-refractivity contribution in [2.24, 2.45) is 0 Å². The second-order valence-electron chi connectivity index (χ2n) is 5.70. The van der Waals surface area contributed by atoms with Crippen LogP contribution in [0.4, 0.5) is 0 Å². The van der Waals surface area contributed by atoms with Gasteiger partial charge in [-0.05, 0) is 29.2 Å². The van der Waals surface area contributed by atoms with Crippen LogP contribution in [0.2, 0.25) is 0 Å². The third-order valence-electron chi connectivity index (χ3n) is 4.16. The van der Waals surface area contributed by atoms with Gasteiger partial charge in [-0.25, -0.2) is 4.79 Å². The lowest BCUT2D eigenvalue weighted by Crippen LogP contribution is -2.40. The smallest absolute Gasteiger partial charge is 0.333 e. The van der Waals surface area contributed by atoms with Crippen LogP contribution in [0.1, 0.15) is 24.0 Å². The van der Waals surface area contributed by atoms with Crippen molar-refractivity contribution >= 4 is 24.6 Å². The van der Waals surface area contributed by atoms with Crippen molar-refractivity contribution in [3.05, 3.63) is 59.7 Å². The Morgan fingerprint density at radius 1 is 1.09 bits per heavy atom. The van der Waals surface area contributed by atoms with Gasteiger partial charge in [0.25, 0.3) is 0 Å². The number of carbonyl (C=O) groups excluding carboxylic acids is 1. The number of aliphatic carboxylic acids is 1. The van der Waals surface area contributed by atoms with Crippen molar-refractivity contribution in [2.75, 3.05) is 6.61 Å².